The number of aromatic nitrogens is 1. The minimum atomic E-state index is 0.148. The van der Waals surface area contributed by atoms with Crippen molar-refractivity contribution in [2.24, 2.45) is 0 Å². The first-order valence-electron chi connectivity index (χ1n) is 11.4. The third-order valence-electron chi connectivity index (χ3n) is 6.79. The van der Waals surface area contributed by atoms with Gasteiger partial charge in [-0.3, -0.25) is 14.5 Å². The first-order chi connectivity index (χ1) is 14.0. The first kappa shape index (κ1) is 21.9. The van der Waals surface area contributed by atoms with Crippen molar-refractivity contribution < 1.29 is 9.59 Å². The van der Waals surface area contributed by atoms with Gasteiger partial charge in [-0.05, 0) is 46.6 Å². The van der Waals surface area contributed by atoms with Gasteiger partial charge in [0.15, 0.2) is 0 Å². The Bertz CT molecular complexity index is 709. The summed E-state index contributed by atoms with van der Waals surface area (Å²) in [6.07, 6.45) is 6.37. The molecule has 1 aromatic rings. The van der Waals surface area contributed by atoms with Crippen LogP contribution in [-0.2, 0) is 4.79 Å². The normalized spacial score (nSPS) is 18.8. The molecule has 3 rings (SSSR count). The summed E-state index contributed by atoms with van der Waals surface area (Å²) in [7, 11) is 0. The molecule has 6 nitrogen and oxygen atoms in total. The standard InChI is InChI=1S/C23H38N4O2/c1-5-25(6-2)22(28)17-24-12-14-26(15-13-24)23(29)21-16-18(3)27(19(21)4)20-10-8-7-9-11-20/h16,20H,5-15,17H2,1-4H3. The predicted octanol–water partition coefficient (Wildman–Crippen LogP) is 3.24. The highest BCUT2D eigenvalue weighted by atomic mass is 16.2. The molecule has 2 fully saturated rings. The second kappa shape index (κ2) is 9.79. The van der Waals surface area contributed by atoms with E-state index in [1.54, 1.807) is 0 Å². The van der Waals surface area contributed by atoms with Gasteiger partial charge < -0.3 is 14.4 Å². The monoisotopic (exact) mass is 402 g/mol. The Labute approximate surface area is 175 Å². The number of rotatable bonds is 6. The Kier molecular flexibility index (Phi) is 7.38. The Balaban J connectivity index is 1.60. The number of aryl methyl sites for hydroxylation is 1. The van der Waals surface area contributed by atoms with Crippen LogP contribution >= 0.6 is 0 Å². The van der Waals surface area contributed by atoms with Crippen LogP contribution < -0.4 is 0 Å². The lowest BCUT2D eigenvalue weighted by molar-refractivity contribution is -0.132. The minimum absolute atomic E-state index is 0.148. The van der Waals surface area contributed by atoms with E-state index < -0.39 is 0 Å². The molecule has 2 amide bonds. The van der Waals surface area contributed by atoms with Crippen molar-refractivity contribution in [1.82, 2.24) is 19.3 Å². The van der Waals surface area contributed by atoms with Crippen LogP contribution in [0.5, 0.6) is 0 Å². The van der Waals surface area contributed by atoms with E-state index in [2.05, 4.69) is 29.4 Å². The zero-order valence-corrected chi connectivity index (χ0v) is 18.7. The summed E-state index contributed by atoms with van der Waals surface area (Å²) in [5, 5.41) is 0. The highest BCUT2D eigenvalue weighted by Gasteiger charge is 2.28. The molecule has 1 saturated heterocycles. The molecule has 0 spiro atoms. The number of amides is 2. The summed E-state index contributed by atoms with van der Waals surface area (Å²) in [6, 6.07) is 2.64. The number of hydrogen-bond donors (Lipinski definition) is 0. The van der Waals surface area contributed by atoms with E-state index in [0.717, 1.165) is 37.4 Å². The molecule has 2 aliphatic rings. The lowest BCUT2D eigenvalue weighted by atomic mass is 9.95. The van der Waals surface area contributed by atoms with E-state index in [-0.39, 0.29) is 11.8 Å². The van der Waals surface area contributed by atoms with E-state index in [9.17, 15) is 9.59 Å². The average molecular weight is 403 g/mol. The molecule has 29 heavy (non-hydrogen) atoms. The second-order valence-electron chi connectivity index (χ2n) is 8.58. The van der Waals surface area contributed by atoms with Crippen molar-refractivity contribution in [3.63, 3.8) is 0 Å². The molecule has 0 atom stereocenters. The first-order valence-corrected chi connectivity index (χ1v) is 11.4. The van der Waals surface area contributed by atoms with Crippen LogP contribution in [0, 0.1) is 13.8 Å². The zero-order chi connectivity index (χ0) is 21.0. The Morgan fingerprint density at radius 3 is 2.21 bits per heavy atom. The molecule has 0 radical (unpaired) electrons. The number of hydrogen-bond acceptors (Lipinski definition) is 3. The average Bonchev–Trinajstić information content (AvgIpc) is 3.03. The van der Waals surface area contributed by atoms with E-state index in [0.29, 0.717) is 25.7 Å². The number of nitrogens with zero attached hydrogens (tertiary/aromatic N) is 4. The van der Waals surface area contributed by atoms with Crippen LogP contribution in [0.4, 0.5) is 0 Å². The van der Waals surface area contributed by atoms with Gasteiger partial charge in [0.05, 0.1) is 12.1 Å². The van der Waals surface area contributed by atoms with Gasteiger partial charge in [-0.1, -0.05) is 19.3 Å². The van der Waals surface area contributed by atoms with Gasteiger partial charge in [-0.2, -0.15) is 0 Å². The summed E-state index contributed by atoms with van der Waals surface area (Å²) in [5.74, 6) is 0.334. The molecule has 1 aliphatic carbocycles. The topological polar surface area (TPSA) is 48.8 Å². The van der Waals surface area contributed by atoms with Gasteiger partial charge in [-0.25, -0.2) is 0 Å². The molecule has 6 heteroatoms. The number of carbonyl (C=O) groups is 2. The van der Waals surface area contributed by atoms with Crippen molar-refractivity contribution in [1.29, 1.82) is 0 Å². The molecule has 1 aliphatic heterocycles. The predicted molar refractivity (Wildman–Crippen MR) is 116 cm³/mol. The lowest BCUT2D eigenvalue weighted by Gasteiger charge is -2.35. The number of likely N-dealkylation sites (N-methyl/N-ethyl adjacent to an activating group) is 1. The van der Waals surface area contributed by atoms with Gasteiger partial charge >= 0.3 is 0 Å². The summed E-state index contributed by atoms with van der Waals surface area (Å²) in [5.41, 5.74) is 3.19. The smallest absolute Gasteiger partial charge is 0.255 e. The Hall–Kier alpha value is -1.82. The SMILES string of the molecule is CCN(CC)C(=O)CN1CCN(C(=O)c2cc(C)n(C3CCCCC3)c2C)CC1. The minimum Gasteiger partial charge on any atom is -0.345 e. The van der Waals surface area contributed by atoms with Crippen LogP contribution in [0.3, 0.4) is 0 Å². The molecule has 0 unspecified atom stereocenters. The number of carbonyl (C=O) groups excluding carboxylic acids is 2. The van der Waals surface area contributed by atoms with Crippen LogP contribution in [-0.4, -0.2) is 76.9 Å². The van der Waals surface area contributed by atoms with E-state index >= 15 is 0 Å². The van der Waals surface area contributed by atoms with Crippen LogP contribution in [0.1, 0.15) is 73.7 Å². The molecule has 0 bridgehead atoms. The van der Waals surface area contributed by atoms with Gasteiger partial charge in [0.2, 0.25) is 5.91 Å². The molecular weight excluding hydrogens is 364 g/mol. The van der Waals surface area contributed by atoms with Crippen molar-refractivity contribution in [2.75, 3.05) is 45.8 Å². The largest absolute Gasteiger partial charge is 0.345 e. The third-order valence-corrected chi connectivity index (χ3v) is 6.79. The quantitative estimate of drug-likeness (QED) is 0.734. The fourth-order valence-electron chi connectivity index (χ4n) is 5.04. The molecule has 162 valence electrons. The van der Waals surface area contributed by atoms with Crippen LogP contribution in [0.2, 0.25) is 0 Å². The van der Waals surface area contributed by atoms with Crippen LogP contribution in [0.25, 0.3) is 0 Å². The van der Waals surface area contributed by atoms with E-state index in [1.807, 2.05) is 23.6 Å². The second-order valence-corrected chi connectivity index (χ2v) is 8.58. The molecule has 1 aromatic heterocycles. The van der Waals surface area contributed by atoms with Gasteiger partial charge in [0.25, 0.3) is 5.91 Å². The highest BCUT2D eigenvalue weighted by Crippen LogP contribution is 2.32. The summed E-state index contributed by atoms with van der Waals surface area (Å²) in [4.78, 5) is 31.6. The maximum Gasteiger partial charge on any atom is 0.255 e. The molecule has 0 N–H and O–H groups in total. The van der Waals surface area contributed by atoms with Crippen LogP contribution in [0.15, 0.2) is 6.07 Å². The fourth-order valence-corrected chi connectivity index (χ4v) is 5.04. The maximum absolute atomic E-state index is 13.2. The van der Waals surface area contributed by atoms with E-state index in [4.69, 9.17) is 0 Å². The van der Waals surface area contributed by atoms with Gasteiger partial charge in [0.1, 0.15) is 0 Å². The maximum atomic E-state index is 13.2. The van der Waals surface area contributed by atoms with Crippen molar-refractivity contribution in [2.45, 2.75) is 65.8 Å². The highest BCUT2D eigenvalue weighted by molar-refractivity contribution is 5.95. The molecule has 0 aromatic carbocycles. The van der Waals surface area contributed by atoms with Crippen molar-refractivity contribution >= 4 is 11.8 Å². The Morgan fingerprint density at radius 1 is 1.00 bits per heavy atom. The molecular formula is C23H38N4O2. The summed E-state index contributed by atoms with van der Waals surface area (Å²) < 4.78 is 2.41. The third kappa shape index (κ3) is 4.85. The molecule has 2 heterocycles. The fraction of sp³-hybridized carbons (Fsp3) is 0.739. The van der Waals surface area contributed by atoms with Crippen molar-refractivity contribution in [3.05, 3.63) is 23.0 Å². The van der Waals surface area contributed by atoms with Gasteiger partial charge in [0, 0.05) is 56.7 Å². The zero-order valence-electron chi connectivity index (χ0n) is 18.7. The number of piperazine rings is 1. The summed E-state index contributed by atoms with van der Waals surface area (Å²) >= 11 is 0. The summed E-state index contributed by atoms with van der Waals surface area (Å²) in [6.45, 7) is 13.1. The molecule has 1 saturated carbocycles. The Morgan fingerprint density at radius 2 is 1.62 bits per heavy atom. The lowest BCUT2D eigenvalue weighted by Crippen LogP contribution is -2.51. The van der Waals surface area contributed by atoms with Crippen molar-refractivity contribution in [3.8, 4) is 0 Å². The van der Waals surface area contributed by atoms with Gasteiger partial charge in [-0.15, -0.1) is 0 Å². The van der Waals surface area contributed by atoms with E-state index in [1.165, 1.54) is 37.8 Å².